The van der Waals surface area contributed by atoms with Crippen LogP contribution in [0.25, 0.3) is 11.1 Å². The van der Waals surface area contributed by atoms with Crippen LogP contribution in [-0.2, 0) is 29.3 Å². The van der Waals surface area contributed by atoms with Crippen LogP contribution >= 0.6 is 0 Å². The maximum atomic E-state index is 14.7. The number of nitrogens with zero attached hydrogens (tertiary/aromatic N) is 3. The summed E-state index contributed by atoms with van der Waals surface area (Å²) in [5.41, 5.74) is 8.98. The second-order valence-corrected chi connectivity index (χ2v) is 31.0. The van der Waals surface area contributed by atoms with Gasteiger partial charge in [0.15, 0.2) is 51.9 Å². The number of carbonyl (C=O) groups excluding carboxylic acids is 5. The van der Waals surface area contributed by atoms with Crippen molar-refractivity contribution in [3.8, 4) is 45.6 Å². The number of aliphatic carboxylic acids is 1. The van der Waals surface area contributed by atoms with E-state index in [4.69, 9.17) is 48.6 Å². The Morgan fingerprint density at radius 3 is 1.17 bits per heavy atom. The first-order valence-electron chi connectivity index (χ1n) is 38.8. The molecule has 2 amide bonds. The van der Waals surface area contributed by atoms with E-state index in [-0.39, 0.29) is 102 Å². The molecule has 0 unspecified atom stereocenters. The van der Waals surface area contributed by atoms with E-state index in [2.05, 4.69) is 25.3 Å². The molecule has 626 valence electrons. The lowest BCUT2D eigenvalue weighted by Gasteiger charge is -2.32. The standard InChI is InChI=1S/C32H35FN2O6.C23H26BFN2O7.C15H21FN2O3.C14H17BO5.CH4/c1-32(2,39)24-11-9-21(10-12-24)20-5-7-22(8-6-20)29(37)31(38)34-26(19-35-13-3-4-14-35)28(36)23-17-25(33)30-27(18-23)40-15-16-41-30;25-17-11-15(12-19-22(17)34-10-9-33-19)20(28)18(13-27-7-1-2-8-27)26-23(30)21(29)14-3-5-16(6-4-14)24(31)32;16-11-7-10(8-13-15(11)21-6-5-20-13)14(19)12(17)9-18-3-1-2-4-18;1-13(2)14(3,4)20-15(19-13)10-7-5-9(6-8-10)11(16)12(17)18;/h5-12,17-18,26,28,36,39H,3-4,13-16,19H2,1-2H3,(H,34,38);3-6,11-12,18,20,28,31-32H,1-2,7-10,13H2,(H,26,30);7-8,12,14,19H,1-6,9,17H2;5-8H,1-4H3,(H,17,18);1H4/t26-,28-;18-,20-;12-,14-;;/m111../s1. The summed E-state index contributed by atoms with van der Waals surface area (Å²) in [7, 11) is -2.21. The van der Waals surface area contributed by atoms with Crippen molar-refractivity contribution < 1.29 is 115 Å². The molecule has 27 nitrogen and oxygen atoms in total. The highest BCUT2D eigenvalue weighted by atomic mass is 19.1. The highest BCUT2D eigenvalue weighted by Crippen LogP contribution is 2.41. The van der Waals surface area contributed by atoms with Crippen LogP contribution in [0.15, 0.2) is 133 Å². The number of rotatable bonds is 24. The van der Waals surface area contributed by atoms with Crippen LogP contribution in [0, 0.1) is 17.5 Å². The highest BCUT2D eigenvalue weighted by molar-refractivity contribution is 6.62. The minimum Gasteiger partial charge on any atom is -0.486 e. The maximum absolute atomic E-state index is 14.7. The minimum atomic E-state index is -1.69. The van der Waals surface area contributed by atoms with Crippen molar-refractivity contribution in [2.45, 2.75) is 141 Å². The first-order valence-corrected chi connectivity index (χ1v) is 38.8. The second kappa shape index (κ2) is 39.6. The van der Waals surface area contributed by atoms with Gasteiger partial charge in [-0.25, -0.2) is 18.0 Å². The Kier molecular flexibility index (Phi) is 30.3. The number of ketones is 3. The van der Waals surface area contributed by atoms with Crippen LogP contribution in [-0.4, -0.2) is 228 Å². The molecule has 7 aliphatic heterocycles. The number of aliphatic hydroxyl groups excluding tert-OH is 3. The van der Waals surface area contributed by atoms with Crippen molar-refractivity contribution in [1.82, 2.24) is 25.3 Å². The van der Waals surface area contributed by atoms with Gasteiger partial charge >= 0.3 is 20.2 Å². The van der Waals surface area contributed by atoms with Crippen molar-refractivity contribution in [2.75, 3.05) is 98.5 Å². The van der Waals surface area contributed by atoms with Crippen LogP contribution in [0.1, 0.15) is 159 Å². The fourth-order valence-corrected chi connectivity index (χ4v) is 14.2. The first-order chi connectivity index (χ1) is 55.2. The number of ether oxygens (including phenoxy) is 6. The molecule has 32 heteroatoms. The Bertz CT molecular complexity index is 4590. The number of halogens is 3. The second-order valence-electron chi connectivity index (χ2n) is 31.0. The smallest absolute Gasteiger partial charge is 0.486 e. The fraction of sp³-hybridized carbons (Fsp3) is 0.435. The van der Waals surface area contributed by atoms with Gasteiger partial charge in [-0.2, -0.15) is 0 Å². The summed E-state index contributed by atoms with van der Waals surface area (Å²) < 4.78 is 87.2. The number of nitrogens with one attached hydrogen (secondary N) is 2. The van der Waals surface area contributed by atoms with Gasteiger partial charge in [0.05, 0.1) is 35.0 Å². The zero-order chi connectivity index (χ0) is 83.3. The van der Waals surface area contributed by atoms with Gasteiger partial charge in [0.2, 0.25) is 11.6 Å². The van der Waals surface area contributed by atoms with Crippen molar-refractivity contribution in [3.63, 3.8) is 0 Å². The number of fused-ring (bicyclic) bond motifs is 3. The number of Topliss-reactive ketones (excluding diaryl/α,β-unsaturated/α-hetero) is 3. The number of hydrogen-bond acceptors (Lipinski definition) is 24. The Labute approximate surface area is 678 Å². The molecule has 7 heterocycles. The third kappa shape index (κ3) is 22.7. The van der Waals surface area contributed by atoms with Gasteiger partial charge in [-0.05, 0) is 200 Å². The summed E-state index contributed by atoms with van der Waals surface area (Å²) in [6.45, 7) is 19.3. The molecule has 0 spiro atoms. The molecule has 7 aromatic rings. The number of amides is 2. The SMILES string of the molecule is C.CC(C)(O)c1ccc(-c2ccc(C(=O)C(=O)N[C@H](CN3CCCC3)[C@H](O)c3cc(F)c4c(c3)OCCO4)cc2)cc1.CC1(C)OB(c2ccc(C(=O)C(=O)O)cc2)OC1(C)C.N[C@H](CN1CCCC1)[C@H](O)c1cc(F)c2c(c1)OCCO2.O=C(N[C@H](CN1CCCC1)[C@H](O)c1cc(F)c2c(c1)OCCO2)C(=O)c1ccc(B(O)O)cc1. The summed E-state index contributed by atoms with van der Waals surface area (Å²) in [6, 6.07) is 31.7. The number of carboxylic acid groups (broad SMARTS) is 1. The molecule has 6 atom stereocenters. The summed E-state index contributed by atoms with van der Waals surface area (Å²) in [4.78, 5) is 80.0. The molecule has 14 rings (SSSR count). The Morgan fingerprint density at radius 1 is 0.487 bits per heavy atom. The van der Waals surface area contributed by atoms with E-state index in [1.54, 1.807) is 56.3 Å². The molecular formula is C85H103B2F3N6O21. The average molecular weight is 1620 g/mol. The van der Waals surface area contributed by atoms with Crippen LogP contribution < -0.4 is 55.7 Å². The Balaban J connectivity index is 0.000000171. The van der Waals surface area contributed by atoms with Gasteiger partial charge in [0.1, 0.15) is 51.8 Å². The molecule has 0 aliphatic carbocycles. The summed E-state index contributed by atoms with van der Waals surface area (Å²) in [5.74, 6) is -6.81. The molecule has 7 aliphatic rings. The Hall–Kier alpha value is -9.80. The fourth-order valence-electron chi connectivity index (χ4n) is 14.2. The van der Waals surface area contributed by atoms with Gasteiger partial charge in [0, 0.05) is 42.4 Å². The number of carbonyl (C=O) groups is 6. The van der Waals surface area contributed by atoms with Gasteiger partial charge < -0.3 is 104 Å². The van der Waals surface area contributed by atoms with Crippen molar-refractivity contribution >= 4 is 60.3 Å². The van der Waals surface area contributed by atoms with Gasteiger partial charge in [-0.3, -0.25) is 24.0 Å². The predicted octanol–water partition coefficient (Wildman–Crippen LogP) is 6.70. The summed E-state index contributed by atoms with van der Waals surface area (Å²) in [6.07, 6.45) is 2.79. The molecule has 4 saturated heterocycles. The normalized spacial score (nSPS) is 18.1. The number of likely N-dealkylation sites (tertiary alicyclic amines) is 3. The summed E-state index contributed by atoms with van der Waals surface area (Å²) >= 11 is 0. The maximum Gasteiger partial charge on any atom is 0.494 e. The number of aliphatic hydroxyl groups is 4. The van der Waals surface area contributed by atoms with E-state index in [1.165, 1.54) is 73.5 Å². The lowest BCUT2D eigenvalue weighted by atomic mass is 9.78. The van der Waals surface area contributed by atoms with Gasteiger partial charge in [-0.1, -0.05) is 104 Å². The third-order valence-corrected chi connectivity index (χ3v) is 21.5. The number of nitrogens with two attached hydrogens (primary N) is 1. The van der Waals surface area contributed by atoms with Crippen molar-refractivity contribution in [1.29, 1.82) is 0 Å². The van der Waals surface area contributed by atoms with Gasteiger partial charge in [0.25, 0.3) is 17.6 Å². The summed E-state index contributed by atoms with van der Waals surface area (Å²) in [5, 5.41) is 75.3. The third-order valence-electron chi connectivity index (χ3n) is 21.5. The average Bonchev–Trinajstić information content (AvgIpc) is 1.62. The molecule has 117 heavy (non-hydrogen) atoms. The minimum absolute atomic E-state index is 0. The number of carboxylic acids is 1. The molecule has 7 aromatic carbocycles. The largest absolute Gasteiger partial charge is 0.494 e. The molecule has 4 fully saturated rings. The van der Waals surface area contributed by atoms with Crippen molar-refractivity contribution in [2.24, 2.45) is 5.73 Å². The molecule has 0 aromatic heterocycles. The molecule has 0 bridgehead atoms. The molecular weight excluding hydrogens is 1520 g/mol. The van der Waals surface area contributed by atoms with Crippen LogP contribution in [0.5, 0.6) is 34.5 Å². The van der Waals surface area contributed by atoms with E-state index < -0.39 is 120 Å². The zero-order valence-electron chi connectivity index (χ0n) is 65.6. The van der Waals surface area contributed by atoms with Gasteiger partial charge in [-0.15, -0.1) is 0 Å². The quantitative estimate of drug-likeness (QED) is 0.0171. The predicted molar refractivity (Wildman–Crippen MR) is 429 cm³/mol. The molecule has 11 N–H and O–H groups in total. The monoisotopic (exact) mass is 1620 g/mol. The number of benzene rings is 7. The molecule has 0 saturated carbocycles. The zero-order valence-corrected chi connectivity index (χ0v) is 65.6. The van der Waals surface area contributed by atoms with E-state index in [9.17, 15) is 72.4 Å². The lowest BCUT2D eigenvalue weighted by molar-refractivity contribution is -0.131. The highest BCUT2D eigenvalue weighted by Gasteiger charge is 2.52. The van der Waals surface area contributed by atoms with Crippen LogP contribution in [0.2, 0.25) is 0 Å². The van der Waals surface area contributed by atoms with Crippen molar-refractivity contribution in [3.05, 3.63) is 190 Å². The van der Waals surface area contributed by atoms with E-state index in [0.29, 0.717) is 37.6 Å². The lowest BCUT2D eigenvalue weighted by Crippen LogP contribution is -2.48. The molecule has 0 radical (unpaired) electrons. The van der Waals surface area contributed by atoms with Crippen LogP contribution in [0.4, 0.5) is 13.2 Å². The van der Waals surface area contributed by atoms with Crippen LogP contribution in [0.3, 0.4) is 0 Å². The van der Waals surface area contributed by atoms with E-state index in [0.717, 1.165) is 93.2 Å². The number of hydrogen-bond donors (Lipinski definition) is 10. The first kappa shape index (κ1) is 89.5. The van der Waals surface area contributed by atoms with E-state index in [1.807, 2.05) is 52.0 Å². The van der Waals surface area contributed by atoms with E-state index >= 15 is 0 Å². The Morgan fingerprint density at radius 2 is 0.812 bits per heavy atom. The topological polar surface area (TPSA) is 378 Å².